The number of unbranched alkanes of at least 4 members (excludes halogenated alkanes) is 18. The first-order valence-corrected chi connectivity index (χ1v) is 12.8. The predicted octanol–water partition coefficient (Wildman–Crippen LogP) is 9.84. The van der Waals surface area contributed by atoms with E-state index in [1.807, 2.05) is 18.2 Å². The summed E-state index contributed by atoms with van der Waals surface area (Å²) in [6, 6.07) is 7.46. The van der Waals surface area contributed by atoms with Crippen LogP contribution in [-0.4, -0.2) is 5.11 Å². The Labute approximate surface area is 182 Å². The monoisotopic (exact) mass is 400 g/mol. The molecule has 1 N–H and O–H groups in total. The maximum absolute atomic E-state index is 9.44. The molecule has 1 rings (SSSR count). The molecule has 0 aliphatic heterocycles. The van der Waals surface area contributed by atoms with Gasteiger partial charge in [0.2, 0.25) is 0 Å². The Hall–Kier alpha value is -1.24. The molecule has 0 aliphatic carbocycles. The molecule has 0 radical (unpaired) electrons. The fourth-order valence-electron chi connectivity index (χ4n) is 4.01. The predicted molar refractivity (Wildman–Crippen MR) is 131 cm³/mol. The average molecular weight is 401 g/mol. The molecule has 0 amide bonds. The van der Waals surface area contributed by atoms with E-state index in [0.29, 0.717) is 5.75 Å². The van der Waals surface area contributed by atoms with E-state index < -0.39 is 0 Å². The van der Waals surface area contributed by atoms with E-state index in [4.69, 9.17) is 0 Å². The van der Waals surface area contributed by atoms with Crippen LogP contribution >= 0.6 is 0 Å². The Balaban J connectivity index is 1.74. The summed E-state index contributed by atoms with van der Waals surface area (Å²) < 4.78 is 0. The van der Waals surface area contributed by atoms with Crippen molar-refractivity contribution in [3.05, 3.63) is 35.9 Å². The molecular formula is C28H48O. The molecule has 1 aromatic carbocycles. The Morgan fingerprint density at radius 3 is 1.52 bits per heavy atom. The first kappa shape index (κ1) is 25.8. The van der Waals surface area contributed by atoms with Gasteiger partial charge >= 0.3 is 0 Å². The van der Waals surface area contributed by atoms with Gasteiger partial charge in [0.25, 0.3) is 0 Å². The van der Waals surface area contributed by atoms with Gasteiger partial charge in [-0.2, -0.15) is 0 Å². The number of allylic oxidation sites excluding steroid dienone is 1. The normalized spacial score (nSPS) is 11.5. The van der Waals surface area contributed by atoms with Crippen LogP contribution < -0.4 is 0 Å². The number of benzene rings is 1. The zero-order valence-electron chi connectivity index (χ0n) is 19.3. The zero-order chi connectivity index (χ0) is 20.8. The lowest BCUT2D eigenvalue weighted by Crippen LogP contribution is -1.84. The van der Waals surface area contributed by atoms with Crippen molar-refractivity contribution in [3.63, 3.8) is 0 Å². The molecule has 29 heavy (non-hydrogen) atoms. The summed E-state index contributed by atoms with van der Waals surface area (Å²) in [5.74, 6) is 0.348. The lowest BCUT2D eigenvalue weighted by atomic mass is 10.0. The van der Waals surface area contributed by atoms with Crippen LogP contribution in [-0.2, 0) is 0 Å². The average Bonchev–Trinajstić information content (AvgIpc) is 2.72. The zero-order valence-corrected chi connectivity index (χ0v) is 19.3. The van der Waals surface area contributed by atoms with E-state index in [1.54, 1.807) is 6.07 Å². The Morgan fingerprint density at radius 2 is 1.07 bits per heavy atom. The summed E-state index contributed by atoms with van der Waals surface area (Å²) in [4.78, 5) is 0. The van der Waals surface area contributed by atoms with Crippen LogP contribution in [0, 0.1) is 0 Å². The lowest BCUT2D eigenvalue weighted by Gasteiger charge is -2.03. The van der Waals surface area contributed by atoms with E-state index in [2.05, 4.69) is 19.1 Å². The summed E-state index contributed by atoms with van der Waals surface area (Å²) in [6.07, 6.45) is 31.2. The summed E-state index contributed by atoms with van der Waals surface area (Å²) in [6.45, 7) is 2.29. The van der Waals surface area contributed by atoms with Crippen molar-refractivity contribution in [1.82, 2.24) is 0 Å². The second-order valence-electron chi connectivity index (χ2n) is 8.80. The number of phenolic OH excluding ortho intramolecular Hbond substituents is 1. The molecule has 0 unspecified atom stereocenters. The largest absolute Gasteiger partial charge is 0.508 e. The van der Waals surface area contributed by atoms with Crippen LogP contribution in [0.15, 0.2) is 30.3 Å². The van der Waals surface area contributed by atoms with E-state index >= 15 is 0 Å². The number of hydrogen-bond acceptors (Lipinski definition) is 1. The molecule has 0 atom stereocenters. The Bertz CT molecular complexity index is 491. The van der Waals surface area contributed by atoms with Gasteiger partial charge in [0, 0.05) is 0 Å². The van der Waals surface area contributed by atoms with E-state index in [1.165, 1.54) is 116 Å². The van der Waals surface area contributed by atoms with Crippen molar-refractivity contribution < 1.29 is 5.11 Å². The van der Waals surface area contributed by atoms with Gasteiger partial charge < -0.3 is 5.11 Å². The minimum atomic E-state index is 0.348. The van der Waals surface area contributed by atoms with Gasteiger partial charge in [-0.05, 0) is 30.5 Å². The first-order chi connectivity index (χ1) is 14.3. The highest BCUT2D eigenvalue weighted by atomic mass is 16.3. The summed E-state index contributed by atoms with van der Waals surface area (Å²) in [5.41, 5.74) is 1.09. The number of hydrogen-bond donors (Lipinski definition) is 1. The third-order valence-electron chi connectivity index (χ3n) is 5.90. The van der Waals surface area contributed by atoms with Gasteiger partial charge in [-0.25, -0.2) is 0 Å². The van der Waals surface area contributed by atoms with Gasteiger partial charge in [0.05, 0.1) is 0 Å². The second-order valence-corrected chi connectivity index (χ2v) is 8.80. The fraction of sp³-hybridized carbons (Fsp3) is 0.714. The van der Waals surface area contributed by atoms with Gasteiger partial charge in [0.15, 0.2) is 0 Å². The van der Waals surface area contributed by atoms with Gasteiger partial charge in [-0.1, -0.05) is 140 Å². The molecule has 1 nitrogen and oxygen atoms in total. The van der Waals surface area contributed by atoms with Crippen molar-refractivity contribution in [1.29, 1.82) is 0 Å². The molecule has 1 aromatic rings. The van der Waals surface area contributed by atoms with E-state index in [0.717, 1.165) is 12.0 Å². The van der Waals surface area contributed by atoms with Crippen molar-refractivity contribution in [2.45, 2.75) is 129 Å². The summed E-state index contributed by atoms with van der Waals surface area (Å²) in [5, 5.41) is 9.44. The molecule has 0 aliphatic rings. The topological polar surface area (TPSA) is 20.2 Å². The molecule has 0 aromatic heterocycles. The first-order valence-electron chi connectivity index (χ1n) is 12.8. The SMILES string of the molecule is CCCCCCCCCCCCCCCCCCCCC=Cc1cccc(O)c1. The third-order valence-corrected chi connectivity index (χ3v) is 5.90. The Morgan fingerprint density at radius 1 is 0.621 bits per heavy atom. The highest BCUT2D eigenvalue weighted by Crippen LogP contribution is 2.15. The molecule has 0 heterocycles. The number of rotatable bonds is 20. The summed E-state index contributed by atoms with van der Waals surface area (Å²) in [7, 11) is 0. The minimum Gasteiger partial charge on any atom is -0.508 e. The molecule has 0 saturated carbocycles. The molecule has 0 saturated heterocycles. The molecule has 1 heteroatoms. The third kappa shape index (κ3) is 17.3. The van der Waals surface area contributed by atoms with Crippen LogP contribution in [0.4, 0.5) is 0 Å². The molecule has 0 spiro atoms. The van der Waals surface area contributed by atoms with Crippen LogP contribution in [0.1, 0.15) is 134 Å². The standard InChI is InChI=1S/C28H48O/c1-2-3-4-5-6-7-8-9-10-11-12-13-14-15-16-17-18-19-20-21-23-27-24-22-25-28(29)26-27/h21-26,29H,2-20H2,1H3. The van der Waals surface area contributed by atoms with Crippen molar-refractivity contribution >= 4 is 6.08 Å². The smallest absolute Gasteiger partial charge is 0.116 e. The van der Waals surface area contributed by atoms with E-state index in [-0.39, 0.29) is 0 Å². The number of phenols is 1. The highest BCUT2D eigenvalue weighted by Gasteiger charge is 1.95. The van der Waals surface area contributed by atoms with Crippen molar-refractivity contribution in [2.75, 3.05) is 0 Å². The van der Waals surface area contributed by atoms with Crippen molar-refractivity contribution in [2.24, 2.45) is 0 Å². The van der Waals surface area contributed by atoms with Crippen LogP contribution in [0.5, 0.6) is 5.75 Å². The molecule has 166 valence electrons. The molecule has 0 fully saturated rings. The maximum Gasteiger partial charge on any atom is 0.116 e. The van der Waals surface area contributed by atoms with Crippen molar-refractivity contribution in [3.8, 4) is 5.75 Å². The van der Waals surface area contributed by atoms with Crippen LogP contribution in [0.3, 0.4) is 0 Å². The van der Waals surface area contributed by atoms with E-state index in [9.17, 15) is 5.11 Å². The second kappa shape index (κ2) is 20.0. The maximum atomic E-state index is 9.44. The van der Waals surface area contributed by atoms with Gasteiger partial charge in [0.1, 0.15) is 5.75 Å². The molecular weight excluding hydrogens is 352 g/mol. The summed E-state index contributed by atoms with van der Waals surface area (Å²) >= 11 is 0. The fourth-order valence-corrected chi connectivity index (χ4v) is 4.01. The van der Waals surface area contributed by atoms with Gasteiger partial charge in [-0.15, -0.1) is 0 Å². The van der Waals surface area contributed by atoms with Gasteiger partial charge in [-0.3, -0.25) is 0 Å². The Kier molecular flexibility index (Phi) is 17.8. The quantitative estimate of drug-likeness (QED) is 0.216. The minimum absolute atomic E-state index is 0.348. The molecule has 0 bridgehead atoms. The lowest BCUT2D eigenvalue weighted by molar-refractivity contribution is 0.475. The van der Waals surface area contributed by atoms with Crippen LogP contribution in [0.25, 0.3) is 6.08 Å². The number of aromatic hydroxyl groups is 1. The van der Waals surface area contributed by atoms with Crippen LogP contribution in [0.2, 0.25) is 0 Å². The highest BCUT2D eigenvalue weighted by molar-refractivity contribution is 5.51.